The molecule has 1 heterocycles. The van der Waals surface area contributed by atoms with Gasteiger partial charge in [0.15, 0.2) is 0 Å². The van der Waals surface area contributed by atoms with Crippen LogP contribution in [0.15, 0.2) is 140 Å². The molecular formula is C41H23N3. The van der Waals surface area contributed by atoms with E-state index in [2.05, 4.69) is 91.0 Å². The maximum absolute atomic E-state index is 9.49. The molecule has 0 spiro atoms. The Hall–Kier alpha value is -6.29. The number of hydrogen-bond donors (Lipinski definition) is 0. The van der Waals surface area contributed by atoms with Gasteiger partial charge >= 0.3 is 0 Å². The van der Waals surface area contributed by atoms with Gasteiger partial charge in [-0.15, -0.1) is 0 Å². The molecule has 0 aliphatic rings. The second-order valence-electron chi connectivity index (χ2n) is 11.0. The van der Waals surface area contributed by atoms with E-state index < -0.39 is 0 Å². The van der Waals surface area contributed by atoms with Gasteiger partial charge in [0.05, 0.1) is 28.8 Å². The molecule has 0 N–H and O–H groups in total. The highest BCUT2D eigenvalue weighted by Crippen LogP contribution is 2.45. The van der Waals surface area contributed by atoms with E-state index in [1.807, 2.05) is 60.8 Å². The van der Waals surface area contributed by atoms with Crippen molar-refractivity contribution in [2.75, 3.05) is 0 Å². The van der Waals surface area contributed by atoms with Crippen LogP contribution in [0.2, 0.25) is 0 Å². The lowest BCUT2D eigenvalue weighted by Gasteiger charge is -2.19. The molecule has 8 aromatic rings. The highest BCUT2D eigenvalue weighted by Gasteiger charge is 2.18. The summed E-state index contributed by atoms with van der Waals surface area (Å²) in [5.74, 6) is 0. The van der Waals surface area contributed by atoms with E-state index in [-0.39, 0.29) is 0 Å². The average Bonchev–Trinajstić information content (AvgIpc) is 3.10. The number of aromatic nitrogens is 1. The smallest absolute Gasteiger partial charge is 0.0991 e. The molecular weight excluding hydrogens is 534 g/mol. The number of rotatable bonds is 3. The molecule has 0 saturated heterocycles. The van der Waals surface area contributed by atoms with Crippen LogP contribution in [0.1, 0.15) is 11.1 Å². The lowest BCUT2D eigenvalue weighted by molar-refractivity contribution is 1.42. The van der Waals surface area contributed by atoms with Crippen molar-refractivity contribution in [3.05, 3.63) is 151 Å². The predicted octanol–water partition coefficient (Wildman–Crippen LogP) is 10.4. The van der Waals surface area contributed by atoms with Crippen molar-refractivity contribution >= 4 is 43.2 Å². The zero-order valence-electron chi connectivity index (χ0n) is 23.6. The van der Waals surface area contributed by atoms with Crippen LogP contribution < -0.4 is 0 Å². The lowest BCUT2D eigenvalue weighted by atomic mass is 9.84. The number of benzene rings is 7. The number of nitrogens with zero attached hydrogens (tertiary/aromatic N) is 3. The molecule has 0 bridgehead atoms. The maximum Gasteiger partial charge on any atom is 0.0991 e. The van der Waals surface area contributed by atoms with Crippen molar-refractivity contribution in [3.63, 3.8) is 0 Å². The molecule has 0 atom stereocenters. The van der Waals surface area contributed by atoms with Gasteiger partial charge in [-0.05, 0) is 108 Å². The Bertz CT molecular complexity index is 2490. The normalized spacial score (nSPS) is 11.1. The standard InChI is InChI=1S/C41H23N3/c42-24-26-11-15-28(16-12-26)40-34-8-3-4-9-35(34)41(29-17-13-27(25-43)14-18-29)38-22-30(19-20-36(38)40)37-23-39-33(10-5-21-44-39)31-6-1-2-7-32(31)37/h1-23H. The monoisotopic (exact) mass is 557 g/mol. The van der Waals surface area contributed by atoms with Crippen LogP contribution in [0.4, 0.5) is 0 Å². The summed E-state index contributed by atoms with van der Waals surface area (Å²) in [5, 5.41) is 26.9. The fraction of sp³-hybridized carbons (Fsp3) is 0. The van der Waals surface area contributed by atoms with E-state index >= 15 is 0 Å². The van der Waals surface area contributed by atoms with Crippen LogP contribution in [0.3, 0.4) is 0 Å². The summed E-state index contributed by atoms with van der Waals surface area (Å²) in [4.78, 5) is 4.72. The van der Waals surface area contributed by atoms with Crippen molar-refractivity contribution < 1.29 is 0 Å². The topological polar surface area (TPSA) is 60.5 Å². The summed E-state index contributed by atoms with van der Waals surface area (Å²) >= 11 is 0. The Morgan fingerprint density at radius 1 is 0.409 bits per heavy atom. The molecule has 0 unspecified atom stereocenters. The molecule has 0 fully saturated rings. The average molecular weight is 558 g/mol. The van der Waals surface area contributed by atoms with Gasteiger partial charge in [-0.1, -0.05) is 91.0 Å². The van der Waals surface area contributed by atoms with Gasteiger partial charge < -0.3 is 0 Å². The van der Waals surface area contributed by atoms with E-state index in [0.29, 0.717) is 11.1 Å². The van der Waals surface area contributed by atoms with Crippen molar-refractivity contribution in [3.8, 4) is 45.5 Å². The van der Waals surface area contributed by atoms with E-state index in [1.165, 1.54) is 10.8 Å². The summed E-state index contributed by atoms with van der Waals surface area (Å²) in [6, 6.07) is 50.3. The number of fused-ring (bicyclic) bond motifs is 5. The molecule has 202 valence electrons. The minimum atomic E-state index is 0.632. The van der Waals surface area contributed by atoms with Gasteiger partial charge in [0.1, 0.15) is 0 Å². The zero-order chi connectivity index (χ0) is 29.6. The SMILES string of the molecule is N#Cc1ccc(-c2c3ccccc3c(-c3ccc(C#N)cc3)c3cc(-c4cc5ncccc5c5ccccc45)ccc23)cc1. The minimum Gasteiger partial charge on any atom is -0.256 e. The van der Waals surface area contributed by atoms with Crippen LogP contribution in [-0.2, 0) is 0 Å². The van der Waals surface area contributed by atoms with E-state index in [4.69, 9.17) is 4.98 Å². The van der Waals surface area contributed by atoms with Crippen molar-refractivity contribution in [1.82, 2.24) is 4.98 Å². The van der Waals surface area contributed by atoms with E-state index in [0.717, 1.165) is 65.8 Å². The first-order valence-corrected chi connectivity index (χ1v) is 14.5. The molecule has 1 aromatic heterocycles. The molecule has 7 aromatic carbocycles. The highest BCUT2D eigenvalue weighted by molar-refractivity contribution is 6.22. The van der Waals surface area contributed by atoms with Gasteiger partial charge in [0, 0.05) is 11.6 Å². The third-order valence-electron chi connectivity index (χ3n) is 8.57. The third-order valence-corrected chi connectivity index (χ3v) is 8.57. The molecule has 0 aliphatic carbocycles. The van der Waals surface area contributed by atoms with Gasteiger partial charge in [-0.25, -0.2) is 0 Å². The summed E-state index contributed by atoms with van der Waals surface area (Å²) in [6.45, 7) is 0. The summed E-state index contributed by atoms with van der Waals surface area (Å²) in [7, 11) is 0. The lowest BCUT2D eigenvalue weighted by Crippen LogP contribution is -1.93. The maximum atomic E-state index is 9.49. The highest BCUT2D eigenvalue weighted by atomic mass is 14.6. The molecule has 44 heavy (non-hydrogen) atoms. The fourth-order valence-electron chi connectivity index (χ4n) is 6.56. The largest absolute Gasteiger partial charge is 0.256 e. The van der Waals surface area contributed by atoms with Crippen LogP contribution in [0, 0.1) is 22.7 Å². The number of pyridine rings is 1. The first-order chi connectivity index (χ1) is 21.7. The van der Waals surface area contributed by atoms with Crippen LogP contribution in [-0.4, -0.2) is 4.98 Å². The Balaban J connectivity index is 1.50. The zero-order valence-corrected chi connectivity index (χ0v) is 23.6. The summed E-state index contributed by atoms with van der Waals surface area (Å²) < 4.78 is 0. The molecule has 0 saturated carbocycles. The summed E-state index contributed by atoms with van der Waals surface area (Å²) in [5.41, 5.74) is 8.85. The first kappa shape index (κ1) is 25.4. The Kier molecular flexibility index (Phi) is 5.90. The van der Waals surface area contributed by atoms with E-state index in [1.54, 1.807) is 0 Å². The minimum absolute atomic E-state index is 0.632. The Morgan fingerprint density at radius 2 is 0.909 bits per heavy atom. The second-order valence-corrected chi connectivity index (χ2v) is 11.0. The molecule has 8 rings (SSSR count). The molecule has 0 aliphatic heterocycles. The third kappa shape index (κ3) is 4.00. The molecule has 3 nitrogen and oxygen atoms in total. The van der Waals surface area contributed by atoms with Crippen molar-refractivity contribution in [2.24, 2.45) is 0 Å². The fourth-order valence-corrected chi connectivity index (χ4v) is 6.56. The van der Waals surface area contributed by atoms with Gasteiger partial charge in [-0.2, -0.15) is 10.5 Å². The molecule has 3 heteroatoms. The van der Waals surface area contributed by atoms with Crippen LogP contribution >= 0.6 is 0 Å². The van der Waals surface area contributed by atoms with Gasteiger partial charge in [0.25, 0.3) is 0 Å². The second kappa shape index (κ2) is 10.2. The molecule has 0 amide bonds. The van der Waals surface area contributed by atoms with Gasteiger partial charge in [0.2, 0.25) is 0 Å². The van der Waals surface area contributed by atoms with Crippen LogP contribution in [0.25, 0.3) is 76.6 Å². The van der Waals surface area contributed by atoms with E-state index in [9.17, 15) is 10.5 Å². The number of nitriles is 2. The predicted molar refractivity (Wildman–Crippen MR) is 180 cm³/mol. The molecule has 0 radical (unpaired) electrons. The Morgan fingerprint density at radius 3 is 1.52 bits per heavy atom. The number of hydrogen-bond acceptors (Lipinski definition) is 3. The quantitative estimate of drug-likeness (QED) is 0.160. The summed E-state index contributed by atoms with van der Waals surface area (Å²) in [6.07, 6.45) is 1.85. The first-order valence-electron chi connectivity index (χ1n) is 14.5. The van der Waals surface area contributed by atoms with Gasteiger partial charge in [-0.3, -0.25) is 4.98 Å². The van der Waals surface area contributed by atoms with Crippen molar-refractivity contribution in [2.45, 2.75) is 0 Å². The van der Waals surface area contributed by atoms with Crippen LogP contribution in [0.5, 0.6) is 0 Å². The van der Waals surface area contributed by atoms with Crippen molar-refractivity contribution in [1.29, 1.82) is 10.5 Å². The Labute approximate surface area is 254 Å².